The van der Waals surface area contributed by atoms with Crippen LogP contribution in [-0.4, -0.2) is 43.1 Å². The molecule has 1 aliphatic rings. The number of urea groups is 1. The van der Waals surface area contributed by atoms with Gasteiger partial charge in [0.1, 0.15) is 0 Å². The maximum absolute atomic E-state index is 12.0. The zero-order chi connectivity index (χ0) is 16.1. The number of piperazine rings is 1. The van der Waals surface area contributed by atoms with E-state index in [0.717, 1.165) is 24.0 Å². The monoisotopic (exact) mass is 311 g/mol. The summed E-state index contributed by atoms with van der Waals surface area (Å²) in [6.07, 6.45) is 0. The Hall–Kier alpha value is -2.60. The molecule has 0 bridgehead atoms. The molecule has 0 unspecified atom stereocenters. The predicted molar refractivity (Wildman–Crippen MR) is 91.5 cm³/mol. The first-order chi connectivity index (χ1) is 11.2. The highest BCUT2D eigenvalue weighted by atomic mass is 16.2. The van der Waals surface area contributed by atoms with Crippen LogP contribution in [0.25, 0.3) is 10.8 Å². The molecule has 0 saturated carbocycles. The molecule has 2 aromatic rings. The van der Waals surface area contributed by atoms with E-state index in [1.165, 1.54) is 5.39 Å². The molecule has 4 N–H and O–H groups in total. The van der Waals surface area contributed by atoms with Gasteiger partial charge in [0.2, 0.25) is 0 Å². The van der Waals surface area contributed by atoms with Crippen molar-refractivity contribution >= 4 is 22.8 Å². The van der Waals surface area contributed by atoms with Crippen LogP contribution in [0.15, 0.2) is 42.5 Å². The molecule has 120 valence electrons. The minimum atomic E-state index is -0.220. The van der Waals surface area contributed by atoms with Gasteiger partial charge in [-0.05, 0) is 16.3 Å². The van der Waals surface area contributed by atoms with Crippen LogP contribution < -0.4 is 16.0 Å². The standard InChI is InChI=1S/C17H21N5O/c18-16(21-17(23)22-10-8-19-9-11-22)20-12-14-6-3-5-13-4-1-2-7-15(13)14/h1-7,19H,8-12H2,(H3,18,20,21,23). The molecule has 6 heteroatoms. The second kappa shape index (κ2) is 7.11. The Morgan fingerprint density at radius 1 is 1.13 bits per heavy atom. The average molecular weight is 311 g/mol. The fourth-order valence-corrected chi connectivity index (χ4v) is 2.73. The van der Waals surface area contributed by atoms with Crippen LogP contribution in [0.4, 0.5) is 4.79 Å². The van der Waals surface area contributed by atoms with Gasteiger partial charge in [0.05, 0.1) is 0 Å². The van der Waals surface area contributed by atoms with Gasteiger partial charge >= 0.3 is 6.03 Å². The molecule has 23 heavy (non-hydrogen) atoms. The maximum Gasteiger partial charge on any atom is 0.324 e. The minimum absolute atomic E-state index is 0.0291. The fraction of sp³-hybridized carbons (Fsp3) is 0.294. The van der Waals surface area contributed by atoms with Gasteiger partial charge in [0.15, 0.2) is 5.96 Å². The first-order valence-electron chi connectivity index (χ1n) is 7.80. The van der Waals surface area contributed by atoms with E-state index in [2.05, 4.69) is 34.1 Å². The van der Waals surface area contributed by atoms with Crippen LogP contribution in [0.1, 0.15) is 5.56 Å². The van der Waals surface area contributed by atoms with Gasteiger partial charge in [-0.25, -0.2) is 4.79 Å². The van der Waals surface area contributed by atoms with E-state index in [0.29, 0.717) is 19.6 Å². The summed E-state index contributed by atoms with van der Waals surface area (Å²) in [5.74, 6) is 0.0291. The summed E-state index contributed by atoms with van der Waals surface area (Å²) >= 11 is 0. The molecule has 2 amide bonds. The highest BCUT2D eigenvalue weighted by Crippen LogP contribution is 2.18. The van der Waals surface area contributed by atoms with Crippen LogP contribution >= 0.6 is 0 Å². The number of rotatable bonds is 2. The number of nitrogens with zero attached hydrogens (tertiary/aromatic N) is 1. The van der Waals surface area contributed by atoms with Crippen molar-refractivity contribution in [2.24, 2.45) is 0 Å². The van der Waals surface area contributed by atoms with E-state index in [1.807, 2.05) is 24.3 Å². The van der Waals surface area contributed by atoms with E-state index in [1.54, 1.807) is 4.90 Å². The van der Waals surface area contributed by atoms with Crippen molar-refractivity contribution in [2.75, 3.05) is 26.2 Å². The first-order valence-corrected chi connectivity index (χ1v) is 7.80. The Labute approximate surface area is 135 Å². The number of benzene rings is 2. The van der Waals surface area contributed by atoms with Crippen LogP contribution in [0.3, 0.4) is 0 Å². The SMILES string of the molecule is N=C(NCc1cccc2ccccc12)NC(=O)N1CCNCC1. The molecule has 1 heterocycles. The number of carbonyl (C=O) groups is 1. The lowest BCUT2D eigenvalue weighted by Crippen LogP contribution is -2.53. The van der Waals surface area contributed by atoms with Gasteiger partial charge in [-0.15, -0.1) is 0 Å². The van der Waals surface area contributed by atoms with Crippen molar-refractivity contribution in [1.29, 1.82) is 5.41 Å². The van der Waals surface area contributed by atoms with Crippen molar-refractivity contribution in [3.05, 3.63) is 48.0 Å². The lowest BCUT2D eigenvalue weighted by molar-refractivity contribution is 0.195. The number of hydrogen-bond donors (Lipinski definition) is 4. The van der Waals surface area contributed by atoms with E-state index in [4.69, 9.17) is 5.41 Å². The molecule has 6 nitrogen and oxygen atoms in total. The third kappa shape index (κ3) is 3.78. The summed E-state index contributed by atoms with van der Waals surface area (Å²) in [5.41, 5.74) is 1.10. The molecule has 0 aromatic heterocycles. The number of fused-ring (bicyclic) bond motifs is 1. The maximum atomic E-state index is 12.0. The second-order valence-corrected chi connectivity index (χ2v) is 5.53. The molecule has 1 aliphatic heterocycles. The molecule has 1 fully saturated rings. The first kappa shape index (κ1) is 15.3. The number of amides is 2. The van der Waals surface area contributed by atoms with Gasteiger partial charge in [-0.2, -0.15) is 0 Å². The van der Waals surface area contributed by atoms with Crippen LogP contribution in [0, 0.1) is 5.41 Å². The summed E-state index contributed by atoms with van der Waals surface area (Å²) in [5, 5.41) is 19.0. The Morgan fingerprint density at radius 2 is 1.87 bits per heavy atom. The van der Waals surface area contributed by atoms with Crippen LogP contribution in [-0.2, 0) is 6.54 Å². The lowest BCUT2D eigenvalue weighted by Gasteiger charge is -2.27. The molecule has 3 rings (SSSR count). The Morgan fingerprint density at radius 3 is 2.70 bits per heavy atom. The zero-order valence-electron chi connectivity index (χ0n) is 12.9. The minimum Gasteiger partial charge on any atom is -0.352 e. The summed E-state index contributed by atoms with van der Waals surface area (Å²) < 4.78 is 0. The Bertz CT molecular complexity index is 704. The summed E-state index contributed by atoms with van der Waals surface area (Å²) in [6, 6.07) is 14.0. The largest absolute Gasteiger partial charge is 0.352 e. The average Bonchev–Trinajstić information content (AvgIpc) is 2.60. The predicted octanol–water partition coefficient (Wildman–Crippen LogP) is 1.48. The Kier molecular flexibility index (Phi) is 4.73. The highest BCUT2D eigenvalue weighted by molar-refractivity contribution is 5.95. The molecular weight excluding hydrogens is 290 g/mol. The van der Waals surface area contributed by atoms with Crippen LogP contribution in [0.5, 0.6) is 0 Å². The number of hydrogen-bond acceptors (Lipinski definition) is 3. The topological polar surface area (TPSA) is 80.2 Å². The summed E-state index contributed by atoms with van der Waals surface area (Å²) in [7, 11) is 0. The zero-order valence-corrected chi connectivity index (χ0v) is 12.9. The normalized spacial score (nSPS) is 14.5. The van der Waals surface area contributed by atoms with Gasteiger partial charge in [0.25, 0.3) is 0 Å². The lowest BCUT2D eigenvalue weighted by atomic mass is 10.0. The summed E-state index contributed by atoms with van der Waals surface area (Å²) in [6.45, 7) is 3.43. The highest BCUT2D eigenvalue weighted by Gasteiger charge is 2.16. The molecule has 0 spiro atoms. The molecular formula is C17H21N5O. The van der Waals surface area contributed by atoms with Gasteiger partial charge in [-0.3, -0.25) is 10.7 Å². The van der Waals surface area contributed by atoms with Crippen molar-refractivity contribution in [2.45, 2.75) is 6.54 Å². The van der Waals surface area contributed by atoms with Gasteiger partial charge < -0.3 is 15.5 Å². The summed E-state index contributed by atoms with van der Waals surface area (Å²) in [4.78, 5) is 13.8. The van der Waals surface area contributed by atoms with Crippen molar-refractivity contribution in [3.63, 3.8) is 0 Å². The van der Waals surface area contributed by atoms with Gasteiger partial charge in [0, 0.05) is 32.7 Å². The molecule has 0 radical (unpaired) electrons. The smallest absolute Gasteiger partial charge is 0.324 e. The fourth-order valence-electron chi connectivity index (χ4n) is 2.73. The third-order valence-corrected chi connectivity index (χ3v) is 3.97. The van der Waals surface area contributed by atoms with Crippen molar-refractivity contribution < 1.29 is 4.79 Å². The Balaban J connectivity index is 1.57. The number of guanidine groups is 1. The molecule has 0 atom stereocenters. The van der Waals surface area contributed by atoms with E-state index >= 15 is 0 Å². The van der Waals surface area contributed by atoms with Gasteiger partial charge in [-0.1, -0.05) is 42.5 Å². The number of carbonyl (C=O) groups excluding carboxylic acids is 1. The molecule has 0 aliphatic carbocycles. The van der Waals surface area contributed by atoms with Crippen molar-refractivity contribution in [1.82, 2.24) is 20.9 Å². The van der Waals surface area contributed by atoms with Crippen LogP contribution in [0.2, 0.25) is 0 Å². The van der Waals surface area contributed by atoms with E-state index in [-0.39, 0.29) is 12.0 Å². The van der Waals surface area contributed by atoms with Crippen molar-refractivity contribution in [3.8, 4) is 0 Å². The quantitative estimate of drug-likeness (QED) is 0.501. The second-order valence-electron chi connectivity index (χ2n) is 5.53. The molecule has 1 saturated heterocycles. The van der Waals surface area contributed by atoms with E-state index in [9.17, 15) is 4.79 Å². The van der Waals surface area contributed by atoms with E-state index < -0.39 is 0 Å². The third-order valence-electron chi connectivity index (χ3n) is 3.97. The number of nitrogens with one attached hydrogen (secondary N) is 4. The molecule has 2 aromatic carbocycles.